The Morgan fingerprint density at radius 1 is 1.71 bits per heavy atom. The average molecular weight is 211 g/mol. The second-order valence-corrected chi connectivity index (χ2v) is 4.97. The molecule has 0 aromatic carbocycles. The number of ketones is 1. The van der Waals surface area contributed by atoms with Crippen molar-refractivity contribution in [3.05, 3.63) is 12.7 Å². The van der Waals surface area contributed by atoms with Gasteiger partial charge >= 0.3 is 0 Å². The number of amides is 1. The molecule has 1 saturated heterocycles. The van der Waals surface area contributed by atoms with Crippen molar-refractivity contribution in [2.24, 2.45) is 0 Å². The maximum atomic E-state index is 11.8. The summed E-state index contributed by atoms with van der Waals surface area (Å²) in [4.78, 5) is 23.0. The first-order valence-corrected chi connectivity index (χ1v) is 5.83. The molecule has 1 saturated carbocycles. The molecule has 3 nitrogen and oxygen atoms in total. The number of carbonyl (C=O) groups excluding carboxylic acids is 2. The lowest BCUT2D eigenvalue weighted by molar-refractivity contribution is -0.127. The van der Waals surface area contributed by atoms with Gasteiger partial charge in [-0.05, 0) is 25.3 Å². The van der Waals surface area contributed by atoms with Gasteiger partial charge in [-0.1, -0.05) is 6.58 Å². The van der Waals surface area contributed by atoms with E-state index >= 15 is 0 Å². The minimum Gasteiger partial charge on any atom is -0.339 e. The number of rotatable bonds is 2. The average Bonchev–Trinajstić information content (AvgIpc) is 2.68. The third kappa shape index (κ3) is 1.29. The van der Waals surface area contributed by atoms with Gasteiger partial charge in [0.15, 0.2) is 5.78 Å². The van der Waals surface area contributed by atoms with Gasteiger partial charge in [-0.15, -0.1) is 11.8 Å². The van der Waals surface area contributed by atoms with Crippen LogP contribution in [-0.4, -0.2) is 28.2 Å². The second kappa shape index (κ2) is 3.42. The molecule has 2 aliphatic rings. The van der Waals surface area contributed by atoms with Crippen LogP contribution in [0.2, 0.25) is 0 Å². The summed E-state index contributed by atoms with van der Waals surface area (Å²) in [6, 6.07) is 0. The van der Waals surface area contributed by atoms with Gasteiger partial charge in [0.05, 0.1) is 5.75 Å². The van der Waals surface area contributed by atoms with Crippen LogP contribution < -0.4 is 5.32 Å². The molecule has 1 aliphatic heterocycles. The van der Waals surface area contributed by atoms with Crippen LogP contribution in [0.25, 0.3) is 0 Å². The summed E-state index contributed by atoms with van der Waals surface area (Å²) in [5.74, 6) is 0.496. The molecule has 0 bridgehead atoms. The van der Waals surface area contributed by atoms with Gasteiger partial charge in [0.2, 0.25) is 5.91 Å². The minimum absolute atomic E-state index is 0.181. The Morgan fingerprint density at radius 2 is 2.50 bits per heavy atom. The highest BCUT2D eigenvalue weighted by Gasteiger charge is 2.53. The van der Waals surface area contributed by atoms with Crippen LogP contribution in [0.5, 0.6) is 0 Å². The molecular formula is C10H13NO2S. The summed E-state index contributed by atoms with van der Waals surface area (Å²) >= 11 is 1.67. The third-order valence-corrected chi connectivity index (χ3v) is 4.50. The van der Waals surface area contributed by atoms with Gasteiger partial charge in [-0.2, -0.15) is 0 Å². The van der Waals surface area contributed by atoms with Crippen LogP contribution in [0, 0.1) is 0 Å². The van der Waals surface area contributed by atoms with E-state index in [4.69, 9.17) is 0 Å². The normalized spacial score (nSPS) is 35.4. The molecule has 4 heteroatoms. The lowest BCUT2D eigenvalue weighted by Gasteiger charge is -2.27. The lowest BCUT2D eigenvalue weighted by Crippen LogP contribution is -2.55. The van der Waals surface area contributed by atoms with Gasteiger partial charge in [0.25, 0.3) is 0 Å². The fourth-order valence-electron chi connectivity index (χ4n) is 2.31. The molecule has 1 aliphatic carbocycles. The fraction of sp³-hybridized carbons (Fsp3) is 0.600. The summed E-state index contributed by atoms with van der Waals surface area (Å²) in [5.41, 5.74) is -0.560. The zero-order valence-corrected chi connectivity index (χ0v) is 8.73. The van der Waals surface area contributed by atoms with E-state index in [1.54, 1.807) is 11.8 Å². The van der Waals surface area contributed by atoms with Crippen LogP contribution in [0.4, 0.5) is 0 Å². The number of carbonyl (C=O) groups is 2. The fourth-order valence-corrected chi connectivity index (χ4v) is 3.84. The van der Waals surface area contributed by atoms with Crippen molar-refractivity contribution in [3.8, 4) is 0 Å². The third-order valence-electron chi connectivity index (χ3n) is 3.03. The largest absolute Gasteiger partial charge is 0.339 e. The van der Waals surface area contributed by atoms with E-state index < -0.39 is 5.54 Å². The van der Waals surface area contributed by atoms with E-state index in [9.17, 15) is 9.59 Å². The van der Waals surface area contributed by atoms with Crippen LogP contribution in [0.15, 0.2) is 12.7 Å². The summed E-state index contributed by atoms with van der Waals surface area (Å²) in [5, 5.41) is 3.12. The Bertz CT molecular complexity index is 302. The quantitative estimate of drug-likeness (QED) is 0.690. The standard InChI is InChI=1S/C10H13NO2S/c1-2-9(13)11-10-5-3-4-8(10)14-6-7(10)12/h2,8H,1,3-6H2,(H,11,13)/t8-,10+/m1/s1. The molecule has 14 heavy (non-hydrogen) atoms. The van der Waals surface area contributed by atoms with Gasteiger partial charge < -0.3 is 5.32 Å². The number of thioether (sulfide) groups is 1. The maximum absolute atomic E-state index is 11.8. The predicted molar refractivity (Wildman–Crippen MR) is 56.2 cm³/mol. The van der Waals surface area contributed by atoms with Gasteiger partial charge in [0.1, 0.15) is 5.54 Å². The number of hydrogen-bond donors (Lipinski definition) is 1. The van der Waals surface area contributed by atoms with Crippen molar-refractivity contribution in [2.45, 2.75) is 30.1 Å². The summed E-state index contributed by atoms with van der Waals surface area (Å²) < 4.78 is 0. The van der Waals surface area contributed by atoms with E-state index in [0.29, 0.717) is 11.0 Å². The monoisotopic (exact) mass is 211 g/mol. The topological polar surface area (TPSA) is 46.2 Å². The highest BCUT2D eigenvalue weighted by Crippen LogP contribution is 2.44. The van der Waals surface area contributed by atoms with E-state index in [1.165, 1.54) is 6.08 Å². The Balaban J connectivity index is 2.22. The lowest BCUT2D eigenvalue weighted by atomic mass is 9.93. The van der Waals surface area contributed by atoms with Crippen LogP contribution in [0.1, 0.15) is 19.3 Å². The number of fused-ring (bicyclic) bond motifs is 1. The number of nitrogens with one attached hydrogen (secondary N) is 1. The first kappa shape index (κ1) is 9.77. The number of hydrogen-bond acceptors (Lipinski definition) is 3. The molecule has 0 radical (unpaired) electrons. The van der Waals surface area contributed by atoms with Crippen LogP contribution in [-0.2, 0) is 9.59 Å². The molecule has 1 heterocycles. The Hall–Kier alpha value is -0.770. The summed E-state index contributed by atoms with van der Waals surface area (Å²) in [6.45, 7) is 3.41. The Kier molecular flexibility index (Phi) is 2.39. The van der Waals surface area contributed by atoms with Crippen molar-refractivity contribution >= 4 is 23.5 Å². The Morgan fingerprint density at radius 3 is 3.21 bits per heavy atom. The van der Waals surface area contributed by atoms with Crippen molar-refractivity contribution in [1.82, 2.24) is 5.32 Å². The highest BCUT2D eigenvalue weighted by molar-refractivity contribution is 8.01. The Labute approximate surface area is 87.3 Å². The van der Waals surface area contributed by atoms with E-state index in [-0.39, 0.29) is 11.7 Å². The second-order valence-electron chi connectivity index (χ2n) is 3.78. The van der Waals surface area contributed by atoms with Crippen molar-refractivity contribution in [3.63, 3.8) is 0 Å². The van der Waals surface area contributed by atoms with Gasteiger partial charge in [0, 0.05) is 5.25 Å². The van der Waals surface area contributed by atoms with Crippen molar-refractivity contribution in [2.75, 3.05) is 5.75 Å². The molecule has 1 amide bonds. The highest BCUT2D eigenvalue weighted by atomic mass is 32.2. The molecule has 2 atom stereocenters. The molecule has 2 rings (SSSR count). The molecule has 0 aromatic heterocycles. The molecule has 0 unspecified atom stereocenters. The summed E-state index contributed by atoms with van der Waals surface area (Å²) in [7, 11) is 0. The minimum atomic E-state index is -0.560. The molecule has 2 fully saturated rings. The van der Waals surface area contributed by atoms with E-state index in [1.807, 2.05) is 0 Å². The molecular weight excluding hydrogens is 198 g/mol. The summed E-state index contributed by atoms with van der Waals surface area (Å²) in [6.07, 6.45) is 4.10. The van der Waals surface area contributed by atoms with Gasteiger partial charge in [-0.3, -0.25) is 9.59 Å². The van der Waals surface area contributed by atoms with E-state index in [0.717, 1.165) is 19.3 Å². The molecule has 0 aromatic rings. The maximum Gasteiger partial charge on any atom is 0.244 e. The predicted octanol–water partition coefficient (Wildman–Crippen LogP) is 0.896. The van der Waals surface area contributed by atoms with Crippen molar-refractivity contribution < 1.29 is 9.59 Å². The number of Topliss-reactive ketones (excluding diaryl/α,β-unsaturated/α-hetero) is 1. The molecule has 1 N–H and O–H groups in total. The zero-order valence-electron chi connectivity index (χ0n) is 7.91. The smallest absolute Gasteiger partial charge is 0.244 e. The molecule has 0 spiro atoms. The van der Waals surface area contributed by atoms with Crippen molar-refractivity contribution in [1.29, 1.82) is 0 Å². The first-order valence-electron chi connectivity index (χ1n) is 4.78. The molecule has 76 valence electrons. The van der Waals surface area contributed by atoms with Gasteiger partial charge in [-0.25, -0.2) is 0 Å². The van der Waals surface area contributed by atoms with E-state index in [2.05, 4.69) is 11.9 Å². The SMILES string of the molecule is C=CC(=O)N[C@]12CCC[C@H]1SCC2=O. The first-order chi connectivity index (χ1) is 6.69. The van der Waals surface area contributed by atoms with Crippen LogP contribution >= 0.6 is 11.8 Å². The van der Waals surface area contributed by atoms with Crippen LogP contribution in [0.3, 0.4) is 0 Å². The zero-order chi connectivity index (χ0) is 10.2.